The summed E-state index contributed by atoms with van der Waals surface area (Å²) in [4.78, 5) is 0. The van der Waals surface area contributed by atoms with Crippen LogP contribution in [-0.4, -0.2) is 6.54 Å². The molecule has 1 aromatic rings. The molecule has 0 bridgehead atoms. The minimum absolute atomic E-state index is 0.172. The van der Waals surface area contributed by atoms with Crippen LogP contribution in [-0.2, 0) is 0 Å². The van der Waals surface area contributed by atoms with E-state index in [9.17, 15) is 4.39 Å². The zero-order valence-corrected chi connectivity index (χ0v) is 11.5. The van der Waals surface area contributed by atoms with Gasteiger partial charge in [-0.25, -0.2) is 4.39 Å². The third kappa shape index (κ3) is 5.63. The Morgan fingerprint density at radius 3 is 2.22 bits per heavy atom. The highest BCUT2D eigenvalue weighted by Crippen LogP contribution is 2.22. The monoisotopic (exact) mass is 251 g/mol. The van der Waals surface area contributed by atoms with Crippen molar-refractivity contribution in [3.05, 3.63) is 35.6 Å². The van der Waals surface area contributed by atoms with Crippen molar-refractivity contribution in [3.8, 4) is 0 Å². The van der Waals surface area contributed by atoms with Gasteiger partial charge in [-0.2, -0.15) is 0 Å². The molecule has 0 aliphatic carbocycles. The van der Waals surface area contributed by atoms with Gasteiger partial charge in [0, 0.05) is 0 Å². The molecule has 1 rings (SSSR count). The first-order chi connectivity index (χ1) is 8.77. The molecule has 0 saturated carbocycles. The standard InChI is InChI=1S/C16H26FN/c1-2-3-4-5-6-7-8-15(13-18)14-9-11-16(17)12-10-14/h9-12,15H,2-8,13,18H2,1H3. The highest BCUT2D eigenvalue weighted by atomic mass is 19.1. The van der Waals surface area contributed by atoms with Gasteiger partial charge in [-0.05, 0) is 36.6 Å². The van der Waals surface area contributed by atoms with Gasteiger partial charge in [-0.1, -0.05) is 57.6 Å². The van der Waals surface area contributed by atoms with Gasteiger partial charge in [0.2, 0.25) is 0 Å². The molecular weight excluding hydrogens is 225 g/mol. The third-order valence-electron chi connectivity index (χ3n) is 3.53. The van der Waals surface area contributed by atoms with Crippen molar-refractivity contribution in [2.24, 2.45) is 5.73 Å². The number of hydrogen-bond acceptors (Lipinski definition) is 1. The van der Waals surface area contributed by atoms with E-state index in [1.165, 1.54) is 56.2 Å². The van der Waals surface area contributed by atoms with Gasteiger partial charge in [-0.15, -0.1) is 0 Å². The first-order valence-corrected chi connectivity index (χ1v) is 7.23. The lowest BCUT2D eigenvalue weighted by molar-refractivity contribution is 0.541. The van der Waals surface area contributed by atoms with Crippen LogP contribution in [0.1, 0.15) is 63.4 Å². The number of hydrogen-bond donors (Lipinski definition) is 1. The Hall–Kier alpha value is -0.890. The second kappa shape index (κ2) is 9.09. The van der Waals surface area contributed by atoms with Crippen molar-refractivity contribution in [2.45, 2.75) is 57.8 Å². The number of benzene rings is 1. The van der Waals surface area contributed by atoms with Crippen LogP contribution in [0.2, 0.25) is 0 Å². The van der Waals surface area contributed by atoms with Gasteiger partial charge in [-0.3, -0.25) is 0 Å². The molecule has 1 aromatic carbocycles. The summed E-state index contributed by atoms with van der Waals surface area (Å²) in [5.74, 6) is 0.214. The highest BCUT2D eigenvalue weighted by Gasteiger charge is 2.09. The highest BCUT2D eigenvalue weighted by molar-refractivity contribution is 5.20. The summed E-state index contributed by atoms with van der Waals surface area (Å²) in [5, 5.41) is 0. The van der Waals surface area contributed by atoms with E-state index in [1.807, 2.05) is 12.1 Å². The fraction of sp³-hybridized carbons (Fsp3) is 0.625. The number of halogens is 1. The maximum atomic E-state index is 12.8. The lowest BCUT2D eigenvalue weighted by Gasteiger charge is -2.15. The summed E-state index contributed by atoms with van der Waals surface area (Å²) in [6.45, 7) is 2.89. The first-order valence-electron chi connectivity index (χ1n) is 7.23. The maximum Gasteiger partial charge on any atom is 0.123 e. The van der Waals surface area contributed by atoms with Crippen LogP contribution >= 0.6 is 0 Å². The van der Waals surface area contributed by atoms with Crippen LogP contribution in [0.3, 0.4) is 0 Å². The lowest BCUT2D eigenvalue weighted by Crippen LogP contribution is -2.12. The van der Waals surface area contributed by atoms with Crippen LogP contribution in [0.25, 0.3) is 0 Å². The predicted octanol–water partition coefficient (Wildman–Crippen LogP) is 4.62. The molecular formula is C16H26FN. The predicted molar refractivity (Wildman–Crippen MR) is 76.2 cm³/mol. The molecule has 1 nitrogen and oxygen atoms in total. The fourth-order valence-electron chi connectivity index (χ4n) is 2.33. The number of rotatable bonds is 9. The Balaban J connectivity index is 2.27. The van der Waals surface area contributed by atoms with E-state index in [2.05, 4.69) is 6.92 Å². The van der Waals surface area contributed by atoms with E-state index in [-0.39, 0.29) is 5.82 Å². The van der Waals surface area contributed by atoms with Crippen molar-refractivity contribution < 1.29 is 4.39 Å². The van der Waals surface area contributed by atoms with Crippen LogP contribution in [0, 0.1) is 5.82 Å². The van der Waals surface area contributed by atoms with Crippen molar-refractivity contribution in [3.63, 3.8) is 0 Å². The minimum Gasteiger partial charge on any atom is -0.330 e. The molecule has 0 spiro atoms. The van der Waals surface area contributed by atoms with Crippen LogP contribution in [0.15, 0.2) is 24.3 Å². The van der Waals surface area contributed by atoms with Crippen molar-refractivity contribution in [2.75, 3.05) is 6.54 Å². The fourth-order valence-corrected chi connectivity index (χ4v) is 2.33. The molecule has 1 atom stereocenters. The molecule has 102 valence electrons. The Morgan fingerprint density at radius 1 is 1.00 bits per heavy atom. The SMILES string of the molecule is CCCCCCCCC(CN)c1ccc(F)cc1. The van der Waals surface area contributed by atoms with E-state index >= 15 is 0 Å². The molecule has 1 unspecified atom stereocenters. The Labute approximate surface area is 111 Å². The Bertz CT molecular complexity index is 307. The van der Waals surface area contributed by atoms with Crippen molar-refractivity contribution in [1.82, 2.24) is 0 Å². The summed E-state index contributed by atoms with van der Waals surface area (Å²) in [6.07, 6.45) is 8.95. The van der Waals surface area contributed by atoms with Crippen LogP contribution in [0.5, 0.6) is 0 Å². The minimum atomic E-state index is -0.172. The van der Waals surface area contributed by atoms with Gasteiger partial charge in [0.1, 0.15) is 5.82 Å². The van der Waals surface area contributed by atoms with E-state index in [0.29, 0.717) is 12.5 Å². The molecule has 2 N–H and O–H groups in total. The van der Waals surface area contributed by atoms with Crippen LogP contribution < -0.4 is 5.73 Å². The van der Waals surface area contributed by atoms with Gasteiger partial charge < -0.3 is 5.73 Å². The molecule has 2 heteroatoms. The summed E-state index contributed by atoms with van der Waals surface area (Å²) < 4.78 is 12.8. The van der Waals surface area contributed by atoms with Gasteiger partial charge in [0.05, 0.1) is 0 Å². The maximum absolute atomic E-state index is 12.8. The third-order valence-corrected chi connectivity index (χ3v) is 3.53. The second-order valence-electron chi connectivity index (χ2n) is 5.04. The summed E-state index contributed by atoms with van der Waals surface area (Å²) >= 11 is 0. The molecule has 18 heavy (non-hydrogen) atoms. The lowest BCUT2D eigenvalue weighted by atomic mass is 9.93. The normalized spacial score (nSPS) is 12.6. The molecule has 0 heterocycles. The van der Waals surface area contributed by atoms with E-state index in [1.54, 1.807) is 0 Å². The zero-order valence-electron chi connectivity index (χ0n) is 11.5. The number of nitrogens with two attached hydrogens (primary N) is 1. The zero-order chi connectivity index (χ0) is 13.2. The quantitative estimate of drug-likeness (QED) is 0.637. The number of unbranched alkanes of at least 4 members (excludes halogenated alkanes) is 5. The Kier molecular flexibility index (Phi) is 7.66. The molecule has 0 amide bonds. The largest absolute Gasteiger partial charge is 0.330 e. The topological polar surface area (TPSA) is 26.0 Å². The van der Waals surface area contributed by atoms with Gasteiger partial charge in [0.15, 0.2) is 0 Å². The first kappa shape index (κ1) is 15.2. The Morgan fingerprint density at radius 2 is 1.61 bits per heavy atom. The summed E-state index contributed by atoms with van der Waals surface area (Å²) in [5.41, 5.74) is 6.99. The second-order valence-corrected chi connectivity index (χ2v) is 5.04. The molecule has 0 saturated heterocycles. The van der Waals surface area contributed by atoms with E-state index in [0.717, 1.165) is 6.42 Å². The molecule has 0 aliphatic rings. The summed E-state index contributed by atoms with van der Waals surface area (Å²) in [6, 6.07) is 6.78. The summed E-state index contributed by atoms with van der Waals surface area (Å²) in [7, 11) is 0. The molecule has 0 aromatic heterocycles. The van der Waals surface area contributed by atoms with E-state index in [4.69, 9.17) is 5.73 Å². The van der Waals surface area contributed by atoms with Crippen molar-refractivity contribution >= 4 is 0 Å². The average Bonchev–Trinajstić information content (AvgIpc) is 2.39. The average molecular weight is 251 g/mol. The van der Waals surface area contributed by atoms with Crippen molar-refractivity contribution in [1.29, 1.82) is 0 Å². The van der Waals surface area contributed by atoms with Gasteiger partial charge >= 0.3 is 0 Å². The molecule has 0 radical (unpaired) electrons. The van der Waals surface area contributed by atoms with Gasteiger partial charge in [0.25, 0.3) is 0 Å². The smallest absolute Gasteiger partial charge is 0.123 e. The molecule has 0 aliphatic heterocycles. The molecule has 0 fully saturated rings. The van der Waals surface area contributed by atoms with Crippen LogP contribution in [0.4, 0.5) is 4.39 Å². The van der Waals surface area contributed by atoms with E-state index < -0.39 is 0 Å².